The minimum Gasteiger partial charge on any atom is -0.381 e. The second-order valence-corrected chi connectivity index (χ2v) is 4.18. The predicted octanol–water partition coefficient (Wildman–Crippen LogP) is 2.85. The largest absolute Gasteiger partial charge is 0.381 e. The standard InChI is InChI=1S/C10H11BrF2O2/c1-15-6-7-3-2-4-8(5-7)9(14)10(11,12)13/h2-5,9,14H,6H2,1H3. The molecule has 0 bridgehead atoms. The minimum atomic E-state index is -3.32. The second kappa shape index (κ2) is 5.01. The van der Waals surface area contributed by atoms with E-state index in [9.17, 15) is 13.9 Å². The number of alkyl halides is 3. The van der Waals surface area contributed by atoms with E-state index in [-0.39, 0.29) is 5.56 Å². The maximum absolute atomic E-state index is 12.8. The zero-order chi connectivity index (χ0) is 11.5. The van der Waals surface area contributed by atoms with Crippen LogP contribution < -0.4 is 0 Å². The molecule has 0 saturated carbocycles. The van der Waals surface area contributed by atoms with Crippen molar-refractivity contribution in [2.45, 2.75) is 17.5 Å². The van der Waals surface area contributed by atoms with E-state index in [1.54, 1.807) is 12.1 Å². The number of hydrogen-bond donors (Lipinski definition) is 1. The summed E-state index contributed by atoms with van der Waals surface area (Å²) in [6.45, 7) is 0.328. The normalized spacial score (nSPS) is 13.9. The maximum atomic E-state index is 12.8. The van der Waals surface area contributed by atoms with Gasteiger partial charge in [-0.25, -0.2) is 0 Å². The highest BCUT2D eigenvalue weighted by Gasteiger charge is 2.36. The number of halogens is 3. The van der Waals surface area contributed by atoms with Crippen molar-refractivity contribution in [1.82, 2.24) is 0 Å². The molecule has 0 spiro atoms. The maximum Gasteiger partial charge on any atom is 0.330 e. The lowest BCUT2D eigenvalue weighted by Gasteiger charge is -2.17. The highest BCUT2D eigenvalue weighted by molar-refractivity contribution is 9.10. The van der Waals surface area contributed by atoms with Crippen molar-refractivity contribution in [3.63, 3.8) is 0 Å². The van der Waals surface area contributed by atoms with Crippen molar-refractivity contribution < 1.29 is 18.6 Å². The lowest BCUT2D eigenvalue weighted by Crippen LogP contribution is -2.18. The van der Waals surface area contributed by atoms with E-state index in [0.29, 0.717) is 6.61 Å². The van der Waals surface area contributed by atoms with Crippen LogP contribution in [0.1, 0.15) is 17.2 Å². The molecule has 15 heavy (non-hydrogen) atoms. The van der Waals surface area contributed by atoms with Crippen LogP contribution in [-0.2, 0) is 11.3 Å². The molecular weight excluding hydrogens is 270 g/mol. The third-order valence-corrected chi connectivity index (χ3v) is 2.32. The Hall–Kier alpha value is -0.520. The van der Waals surface area contributed by atoms with Gasteiger partial charge in [-0.2, -0.15) is 8.78 Å². The van der Waals surface area contributed by atoms with Crippen LogP contribution >= 0.6 is 15.9 Å². The molecule has 0 aliphatic heterocycles. The Bertz CT molecular complexity index is 325. The summed E-state index contributed by atoms with van der Waals surface area (Å²) in [5, 5.41) is 9.31. The average Bonchev–Trinajstić information content (AvgIpc) is 2.16. The first-order valence-corrected chi connectivity index (χ1v) is 5.07. The van der Waals surface area contributed by atoms with Crippen molar-refractivity contribution in [2.75, 3.05) is 7.11 Å². The lowest BCUT2D eigenvalue weighted by atomic mass is 10.1. The van der Waals surface area contributed by atoms with Gasteiger partial charge in [0.15, 0.2) is 6.10 Å². The molecule has 1 atom stereocenters. The second-order valence-electron chi connectivity index (χ2n) is 3.12. The van der Waals surface area contributed by atoms with E-state index in [4.69, 9.17) is 4.74 Å². The molecule has 1 N–H and O–H groups in total. The van der Waals surface area contributed by atoms with E-state index in [2.05, 4.69) is 15.9 Å². The summed E-state index contributed by atoms with van der Waals surface area (Å²) >= 11 is 2.13. The molecule has 1 rings (SSSR count). The number of aliphatic hydroxyl groups is 1. The molecule has 0 heterocycles. The fraction of sp³-hybridized carbons (Fsp3) is 0.400. The quantitative estimate of drug-likeness (QED) is 0.860. The molecule has 1 aromatic rings. The molecule has 5 heteroatoms. The molecule has 0 saturated heterocycles. The summed E-state index contributed by atoms with van der Waals surface area (Å²) in [5.41, 5.74) is 0.900. The van der Waals surface area contributed by atoms with Gasteiger partial charge in [0.25, 0.3) is 0 Å². The third-order valence-electron chi connectivity index (χ3n) is 1.89. The first-order chi connectivity index (χ1) is 6.95. The number of hydrogen-bond acceptors (Lipinski definition) is 2. The van der Waals surface area contributed by atoms with Gasteiger partial charge in [0.05, 0.1) is 6.61 Å². The molecule has 2 nitrogen and oxygen atoms in total. The van der Waals surface area contributed by atoms with Gasteiger partial charge in [-0.15, -0.1) is 0 Å². The molecule has 0 amide bonds. The van der Waals surface area contributed by atoms with Gasteiger partial charge in [0, 0.05) is 7.11 Å². The van der Waals surface area contributed by atoms with Crippen LogP contribution in [0.3, 0.4) is 0 Å². The van der Waals surface area contributed by atoms with E-state index in [1.165, 1.54) is 19.2 Å². The zero-order valence-electron chi connectivity index (χ0n) is 8.08. The lowest BCUT2D eigenvalue weighted by molar-refractivity contribution is -0.0295. The molecular formula is C10H11BrF2O2. The van der Waals surface area contributed by atoms with Crippen molar-refractivity contribution in [2.24, 2.45) is 0 Å². The van der Waals surface area contributed by atoms with Crippen LogP contribution in [0, 0.1) is 0 Å². The van der Waals surface area contributed by atoms with Gasteiger partial charge in [-0.1, -0.05) is 24.3 Å². The van der Waals surface area contributed by atoms with Crippen LogP contribution in [0.2, 0.25) is 0 Å². The van der Waals surface area contributed by atoms with Crippen molar-refractivity contribution in [3.8, 4) is 0 Å². The van der Waals surface area contributed by atoms with Crippen LogP contribution in [0.5, 0.6) is 0 Å². The number of rotatable bonds is 4. The predicted molar refractivity (Wildman–Crippen MR) is 56.0 cm³/mol. The summed E-state index contributed by atoms with van der Waals surface area (Å²) < 4.78 is 30.4. The topological polar surface area (TPSA) is 29.5 Å². The van der Waals surface area contributed by atoms with Crippen LogP contribution in [0.15, 0.2) is 24.3 Å². The Kier molecular flexibility index (Phi) is 4.19. The van der Waals surface area contributed by atoms with E-state index < -0.39 is 10.9 Å². The summed E-state index contributed by atoms with van der Waals surface area (Å²) in [6, 6.07) is 6.28. The van der Waals surface area contributed by atoms with Crippen molar-refractivity contribution in [3.05, 3.63) is 35.4 Å². The van der Waals surface area contributed by atoms with Gasteiger partial charge in [0.2, 0.25) is 0 Å². The Morgan fingerprint density at radius 1 is 1.53 bits per heavy atom. The first kappa shape index (κ1) is 12.5. The van der Waals surface area contributed by atoms with Crippen molar-refractivity contribution in [1.29, 1.82) is 0 Å². The first-order valence-electron chi connectivity index (χ1n) is 4.27. The summed E-state index contributed by atoms with van der Waals surface area (Å²) in [5.74, 6) is 0. The Morgan fingerprint density at radius 3 is 2.73 bits per heavy atom. The van der Waals surface area contributed by atoms with Crippen molar-refractivity contribution >= 4 is 15.9 Å². The van der Waals surface area contributed by atoms with E-state index >= 15 is 0 Å². The molecule has 0 aliphatic carbocycles. The summed E-state index contributed by atoms with van der Waals surface area (Å²) in [6.07, 6.45) is -1.85. The average molecular weight is 281 g/mol. The SMILES string of the molecule is COCc1cccc(C(O)C(F)(F)Br)c1. The number of aliphatic hydroxyl groups excluding tert-OH is 1. The molecule has 0 radical (unpaired) electrons. The van der Waals surface area contributed by atoms with Crippen LogP contribution in [-0.4, -0.2) is 17.0 Å². The minimum absolute atomic E-state index is 0.159. The molecule has 0 fully saturated rings. The number of ether oxygens (including phenoxy) is 1. The smallest absolute Gasteiger partial charge is 0.330 e. The monoisotopic (exact) mass is 280 g/mol. The highest BCUT2D eigenvalue weighted by atomic mass is 79.9. The van der Waals surface area contributed by atoms with Gasteiger partial charge >= 0.3 is 4.83 Å². The van der Waals surface area contributed by atoms with Crippen LogP contribution in [0.4, 0.5) is 8.78 Å². The van der Waals surface area contributed by atoms with Gasteiger partial charge in [-0.05, 0) is 27.1 Å². The number of methoxy groups -OCH3 is 1. The molecule has 0 aromatic heterocycles. The van der Waals surface area contributed by atoms with Gasteiger partial charge in [-0.3, -0.25) is 0 Å². The molecule has 84 valence electrons. The zero-order valence-corrected chi connectivity index (χ0v) is 9.67. The van der Waals surface area contributed by atoms with E-state index in [1.807, 2.05) is 0 Å². The molecule has 1 unspecified atom stereocenters. The fourth-order valence-electron chi connectivity index (χ4n) is 1.21. The number of benzene rings is 1. The molecule has 0 aliphatic rings. The Morgan fingerprint density at radius 2 is 2.20 bits per heavy atom. The van der Waals surface area contributed by atoms with Gasteiger partial charge in [0.1, 0.15) is 0 Å². The molecule has 1 aromatic carbocycles. The Labute approximate surface area is 95.0 Å². The highest BCUT2D eigenvalue weighted by Crippen LogP contribution is 2.36. The third kappa shape index (κ3) is 3.52. The van der Waals surface area contributed by atoms with Gasteiger partial charge < -0.3 is 9.84 Å². The van der Waals surface area contributed by atoms with Crippen LogP contribution in [0.25, 0.3) is 0 Å². The van der Waals surface area contributed by atoms with E-state index in [0.717, 1.165) is 5.56 Å². The Balaban J connectivity index is 2.90. The summed E-state index contributed by atoms with van der Waals surface area (Å²) in [4.78, 5) is -3.32. The fourth-order valence-corrected chi connectivity index (χ4v) is 1.47. The summed E-state index contributed by atoms with van der Waals surface area (Å²) in [7, 11) is 1.52.